The summed E-state index contributed by atoms with van der Waals surface area (Å²) in [5.74, 6) is -0.0938. The zero-order valence-corrected chi connectivity index (χ0v) is 9.04. The van der Waals surface area contributed by atoms with Gasteiger partial charge in [-0.1, -0.05) is 18.2 Å². The van der Waals surface area contributed by atoms with Crippen LogP contribution in [0.1, 0.15) is 12.5 Å². The van der Waals surface area contributed by atoms with Gasteiger partial charge in [-0.15, -0.1) is 0 Å². The fourth-order valence-electron chi connectivity index (χ4n) is 2.02. The SMILES string of the molecule is CC1CN(Cc2ccccc2F)CCN1. The van der Waals surface area contributed by atoms with Crippen molar-refractivity contribution in [2.24, 2.45) is 0 Å². The first-order chi connectivity index (χ1) is 7.25. The van der Waals surface area contributed by atoms with Crippen LogP contribution in [0.25, 0.3) is 0 Å². The number of rotatable bonds is 2. The summed E-state index contributed by atoms with van der Waals surface area (Å²) in [6.45, 7) is 5.87. The van der Waals surface area contributed by atoms with E-state index >= 15 is 0 Å². The van der Waals surface area contributed by atoms with Crippen LogP contribution in [0, 0.1) is 5.82 Å². The molecule has 1 N–H and O–H groups in total. The molecule has 2 rings (SSSR count). The van der Waals surface area contributed by atoms with Crippen LogP contribution in [0.5, 0.6) is 0 Å². The van der Waals surface area contributed by atoms with E-state index in [1.807, 2.05) is 12.1 Å². The summed E-state index contributed by atoms with van der Waals surface area (Å²) < 4.78 is 13.4. The molecule has 0 amide bonds. The molecule has 0 bridgehead atoms. The largest absolute Gasteiger partial charge is 0.312 e. The number of nitrogens with zero attached hydrogens (tertiary/aromatic N) is 1. The van der Waals surface area contributed by atoms with Crippen LogP contribution in [0.4, 0.5) is 4.39 Å². The molecule has 2 nitrogen and oxygen atoms in total. The van der Waals surface area contributed by atoms with Crippen LogP contribution in [-0.4, -0.2) is 30.6 Å². The van der Waals surface area contributed by atoms with E-state index in [2.05, 4.69) is 17.1 Å². The zero-order valence-electron chi connectivity index (χ0n) is 9.04. The van der Waals surface area contributed by atoms with Crippen molar-refractivity contribution < 1.29 is 4.39 Å². The zero-order chi connectivity index (χ0) is 10.7. The van der Waals surface area contributed by atoms with Gasteiger partial charge >= 0.3 is 0 Å². The van der Waals surface area contributed by atoms with E-state index in [0.29, 0.717) is 6.04 Å². The number of hydrogen-bond donors (Lipinski definition) is 1. The Bertz CT molecular complexity index is 327. The number of nitrogens with one attached hydrogen (secondary N) is 1. The molecule has 0 saturated carbocycles. The Labute approximate surface area is 90.1 Å². The molecule has 0 aliphatic carbocycles. The third kappa shape index (κ3) is 2.76. The molecule has 0 radical (unpaired) electrons. The minimum atomic E-state index is -0.0938. The molecule has 82 valence electrons. The molecule has 1 atom stereocenters. The van der Waals surface area contributed by atoms with Gasteiger partial charge in [0.2, 0.25) is 0 Å². The highest BCUT2D eigenvalue weighted by molar-refractivity contribution is 5.17. The van der Waals surface area contributed by atoms with E-state index < -0.39 is 0 Å². The van der Waals surface area contributed by atoms with Gasteiger partial charge in [-0.25, -0.2) is 4.39 Å². The molecule has 1 aliphatic rings. The molecule has 1 aliphatic heterocycles. The predicted octanol–water partition coefficient (Wildman–Crippen LogP) is 1.62. The minimum absolute atomic E-state index is 0.0938. The quantitative estimate of drug-likeness (QED) is 0.794. The molecule has 1 unspecified atom stereocenters. The highest BCUT2D eigenvalue weighted by Gasteiger charge is 2.16. The van der Waals surface area contributed by atoms with E-state index in [1.165, 1.54) is 6.07 Å². The molecule has 15 heavy (non-hydrogen) atoms. The predicted molar refractivity (Wildman–Crippen MR) is 59.1 cm³/mol. The molecule has 1 fully saturated rings. The Balaban J connectivity index is 1.99. The van der Waals surface area contributed by atoms with Crippen molar-refractivity contribution in [1.82, 2.24) is 10.2 Å². The monoisotopic (exact) mass is 208 g/mol. The van der Waals surface area contributed by atoms with Crippen LogP contribution in [0.3, 0.4) is 0 Å². The van der Waals surface area contributed by atoms with Gasteiger partial charge in [0.05, 0.1) is 0 Å². The number of halogens is 1. The molecule has 3 heteroatoms. The lowest BCUT2D eigenvalue weighted by atomic mass is 10.1. The maximum atomic E-state index is 13.4. The van der Waals surface area contributed by atoms with Gasteiger partial charge in [-0.05, 0) is 13.0 Å². The van der Waals surface area contributed by atoms with Gasteiger partial charge in [0.25, 0.3) is 0 Å². The van der Waals surface area contributed by atoms with E-state index in [4.69, 9.17) is 0 Å². The van der Waals surface area contributed by atoms with Crippen molar-refractivity contribution in [1.29, 1.82) is 0 Å². The van der Waals surface area contributed by atoms with Gasteiger partial charge in [0.1, 0.15) is 5.82 Å². The fourth-order valence-corrected chi connectivity index (χ4v) is 2.02. The topological polar surface area (TPSA) is 15.3 Å². The lowest BCUT2D eigenvalue weighted by Crippen LogP contribution is -2.48. The maximum absolute atomic E-state index is 13.4. The van der Waals surface area contributed by atoms with Gasteiger partial charge in [-0.3, -0.25) is 4.90 Å². The van der Waals surface area contributed by atoms with Crippen molar-refractivity contribution in [3.63, 3.8) is 0 Å². The summed E-state index contributed by atoms with van der Waals surface area (Å²) in [5.41, 5.74) is 0.798. The molecule has 1 aromatic carbocycles. The fraction of sp³-hybridized carbons (Fsp3) is 0.500. The van der Waals surface area contributed by atoms with Gasteiger partial charge < -0.3 is 5.32 Å². The van der Waals surface area contributed by atoms with E-state index in [1.54, 1.807) is 6.07 Å². The highest BCUT2D eigenvalue weighted by Crippen LogP contribution is 2.11. The normalized spacial score (nSPS) is 22.9. The second-order valence-corrected chi connectivity index (χ2v) is 4.18. The summed E-state index contributed by atoms with van der Waals surface area (Å²) in [6.07, 6.45) is 0. The third-order valence-corrected chi connectivity index (χ3v) is 2.80. The summed E-state index contributed by atoms with van der Waals surface area (Å²) in [4.78, 5) is 2.29. The molecule has 1 saturated heterocycles. The van der Waals surface area contributed by atoms with Crippen LogP contribution >= 0.6 is 0 Å². The second-order valence-electron chi connectivity index (χ2n) is 4.18. The Morgan fingerprint density at radius 2 is 2.27 bits per heavy atom. The molecule has 0 spiro atoms. The summed E-state index contributed by atoms with van der Waals surface area (Å²) in [5, 5.41) is 3.38. The molecular formula is C12H17FN2. The van der Waals surface area contributed by atoms with Crippen LogP contribution in [0.2, 0.25) is 0 Å². The van der Waals surface area contributed by atoms with Crippen LogP contribution in [-0.2, 0) is 6.54 Å². The molecular weight excluding hydrogens is 191 g/mol. The minimum Gasteiger partial charge on any atom is -0.312 e. The number of hydrogen-bond acceptors (Lipinski definition) is 2. The van der Waals surface area contributed by atoms with Crippen molar-refractivity contribution in [3.8, 4) is 0 Å². The number of benzene rings is 1. The molecule has 0 aromatic heterocycles. The van der Waals surface area contributed by atoms with Crippen molar-refractivity contribution >= 4 is 0 Å². The Hall–Kier alpha value is -0.930. The lowest BCUT2D eigenvalue weighted by Gasteiger charge is -2.31. The Morgan fingerprint density at radius 3 is 3.00 bits per heavy atom. The summed E-state index contributed by atoms with van der Waals surface area (Å²) in [6, 6.07) is 7.53. The van der Waals surface area contributed by atoms with Crippen LogP contribution < -0.4 is 5.32 Å². The highest BCUT2D eigenvalue weighted by atomic mass is 19.1. The second kappa shape index (κ2) is 4.73. The van der Waals surface area contributed by atoms with Crippen LogP contribution in [0.15, 0.2) is 24.3 Å². The average Bonchev–Trinajstić information content (AvgIpc) is 2.22. The van der Waals surface area contributed by atoms with Crippen molar-refractivity contribution in [3.05, 3.63) is 35.6 Å². The van der Waals surface area contributed by atoms with Gasteiger partial charge in [-0.2, -0.15) is 0 Å². The van der Waals surface area contributed by atoms with E-state index in [-0.39, 0.29) is 5.82 Å². The first-order valence-electron chi connectivity index (χ1n) is 5.45. The maximum Gasteiger partial charge on any atom is 0.127 e. The van der Waals surface area contributed by atoms with E-state index in [9.17, 15) is 4.39 Å². The van der Waals surface area contributed by atoms with E-state index in [0.717, 1.165) is 31.7 Å². The average molecular weight is 208 g/mol. The third-order valence-electron chi connectivity index (χ3n) is 2.80. The smallest absolute Gasteiger partial charge is 0.127 e. The lowest BCUT2D eigenvalue weighted by molar-refractivity contribution is 0.197. The van der Waals surface area contributed by atoms with Gasteiger partial charge in [0, 0.05) is 37.8 Å². The van der Waals surface area contributed by atoms with Crippen molar-refractivity contribution in [2.75, 3.05) is 19.6 Å². The number of piperazine rings is 1. The molecule has 1 aromatic rings. The first kappa shape index (κ1) is 10.6. The summed E-state index contributed by atoms with van der Waals surface area (Å²) >= 11 is 0. The standard InChI is InChI=1S/C12H17FN2/c1-10-8-15(7-6-14-10)9-11-4-2-3-5-12(11)13/h2-5,10,14H,6-9H2,1H3. The van der Waals surface area contributed by atoms with Gasteiger partial charge in [0.15, 0.2) is 0 Å². The molecule has 1 heterocycles. The summed E-state index contributed by atoms with van der Waals surface area (Å²) in [7, 11) is 0. The Kier molecular flexibility index (Phi) is 3.34. The first-order valence-corrected chi connectivity index (χ1v) is 5.45. The van der Waals surface area contributed by atoms with Crippen molar-refractivity contribution in [2.45, 2.75) is 19.5 Å². The Morgan fingerprint density at radius 1 is 1.47 bits per heavy atom.